The minimum atomic E-state index is 0.638. The van der Waals surface area contributed by atoms with Crippen LogP contribution in [0.2, 0.25) is 0 Å². The summed E-state index contributed by atoms with van der Waals surface area (Å²) in [5.74, 6) is 1.73. The van der Waals surface area contributed by atoms with Gasteiger partial charge in [-0.25, -0.2) is 0 Å². The van der Waals surface area contributed by atoms with Crippen LogP contribution in [0.4, 0.5) is 0 Å². The summed E-state index contributed by atoms with van der Waals surface area (Å²) >= 11 is 6.84. The molecule has 172 valence electrons. The molecule has 0 aliphatic carbocycles. The van der Waals surface area contributed by atoms with Crippen LogP contribution in [-0.2, 0) is 0 Å². The fourth-order valence-electron chi connectivity index (χ4n) is 3.87. The van der Waals surface area contributed by atoms with Crippen LogP contribution >= 0.6 is 31.9 Å². The highest BCUT2D eigenvalue weighted by molar-refractivity contribution is 9.09. The van der Waals surface area contributed by atoms with E-state index in [0.29, 0.717) is 13.2 Å². The van der Waals surface area contributed by atoms with Crippen molar-refractivity contribution in [3.05, 3.63) is 131 Å². The topological polar surface area (TPSA) is 18.5 Å². The predicted molar refractivity (Wildman–Crippen MR) is 149 cm³/mol. The summed E-state index contributed by atoms with van der Waals surface area (Å²) in [6, 6.07) is 37.9. The molecule has 0 saturated carbocycles. The van der Waals surface area contributed by atoms with E-state index in [1.165, 1.54) is 11.1 Å². The molecule has 0 unspecified atom stereocenters. The van der Waals surface area contributed by atoms with E-state index in [1.807, 2.05) is 24.3 Å². The zero-order valence-corrected chi connectivity index (χ0v) is 22.0. The molecule has 0 saturated heterocycles. The van der Waals surface area contributed by atoms with Crippen molar-refractivity contribution in [3.8, 4) is 11.5 Å². The molecule has 0 fully saturated rings. The number of ether oxygens (including phenoxy) is 2. The van der Waals surface area contributed by atoms with Crippen molar-refractivity contribution in [2.24, 2.45) is 0 Å². The van der Waals surface area contributed by atoms with Crippen LogP contribution in [0.3, 0.4) is 0 Å². The quantitative estimate of drug-likeness (QED) is 0.139. The van der Waals surface area contributed by atoms with E-state index in [0.717, 1.165) is 44.4 Å². The maximum atomic E-state index is 5.79. The standard InChI is InChI=1S/C30H26Br2O2/c31-19-21-33-27-15-11-25(12-16-27)29(23-7-3-1-4-8-23)30(24-9-5-2-6-10-24)26-13-17-28(18-14-26)34-22-20-32/h1-18H,19-22H2/b30-29+. The fraction of sp³-hybridized carbons (Fsp3) is 0.133. The molecule has 4 aromatic carbocycles. The Kier molecular flexibility index (Phi) is 9.00. The van der Waals surface area contributed by atoms with Crippen molar-refractivity contribution in [2.75, 3.05) is 23.9 Å². The SMILES string of the molecule is BrCCOc1ccc(/C(=C(\c2ccccc2)c2ccc(OCCBr)cc2)c2ccccc2)cc1. The molecule has 0 aliphatic heterocycles. The molecule has 2 nitrogen and oxygen atoms in total. The molecule has 4 heteroatoms. The van der Waals surface area contributed by atoms with Gasteiger partial charge >= 0.3 is 0 Å². The van der Waals surface area contributed by atoms with Gasteiger partial charge in [0.05, 0.1) is 13.2 Å². The van der Waals surface area contributed by atoms with Crippen molar-refractivity contribution in [1.29, 1.82) is 0 Å². The maximum Gasteiger partial charge on any atom is 0.119 e. The second-order valence-electron chi connectivity index (χ2n) is 7.61. The first-order valence-electron chi connectivity index (χ1n) is 11.2. The van der Waals surface area contributed by atoms with Crippen LogP contribution in [0.25, 0.3) is 11.1 Å². The Morgan fingerprint density at radius 1 is 0.441 bits per heavy atom. The second kappa shape index (κ2) is 12.6. The third-order valence-electron chi connectivity index (χ3n) is 5.35. The van der Waals surface area contributed by atoms with Crippen molar-refractivity contribution in [2.45, 2.75) is 0 Å². The molecule has 0 bridgehead atoms. The molecule has 4 aromatic rings. The van der Waals surface area contributed by atoms with Crippen molar-refractivity contribution < 1.29 is 9.47 Å². The first kappa shape index (κ1) is 24.3. The number of alkyl halides is 2. The van der Waals surface area contributed by atoms with Crippen LogP contribution in [-0.4, -0.2) is 23.9 Å². The highest BCUT2D eigenvalue weighted by Gasteiger charge is 2.16. The van der Waals surface area contributed by atoms with Gasteiger partial charge in [-0.15, -0.1) is 0 Å². The minimum absolute atomic E-state index is 0.638. The lowest BCUT2D eigenvalue weighted by molar-refractivity contribution is 0.345. The van der Waals surface area contributed by atoms with Gasteiger partial charge in [0.2, 0.25) is 0 Å². The van der Waals surface area contributed by atoms with E-state index in [-0.39, 0.29) is 0 Å². The van der Waals surface area contributed by atoms with E-state index in [9.17, 15) is 0 Å². The molecule has 4 rings (SSSR count). The lowest BCUT2D eigenvalue weighted by Gasteiger charge is -2.19. The van der Waals surface area contributed by atoms with Crippen LogP contribution in [0.15, 0.2) is 109 Å². The number of rotatable bonds is 10. The Hall–Kier alpha value is -2.82. The Balaban J connectivity index is 1.90. The van der Waals surface area contributed by atoms with Gasteiger partial charge in [0, 0.05) is 10.7 Å². The largest absolute Gasteiger partial charge is 0.493 e. The molecule has 34 heavy (non-hydrogen) atoms. The molecule has 0 amide bonds. The highest BCUT2D eigenvalue weighted by Crippen LogP contribution is 2.37. The maximum absolute atomic E-state index is 5.79. The molecule has 0 aromatic heterocycles. The van der Waals surface area contributed by atoms with Gasteiger partial charge in [0.1, 0.15) is 11.5 Å². The zero-order chi connectivity index (χ0) is 23.6. The lowest BCUT2D eigenvalue weighted by atomic mass is 9.86. The average Bonchev–Trinajstić information content (AvgIpc) is 2.91. The van der Waals surface area contributed by atoms with Gasteiger partial charge in [-0.1, -0.05) is 117 Å². The predicted octanol–water partition coefficient (Wildman–Crippen LogP) is 8.24. The molecule has 0 N–H and O–H groups in total. The van der Waals surface area contributed by atoms with Gasteiger partial charge in [0.15, 0.2) is 0 Å². The van der Waals surface area contributed by atoms with Gasteiger partial charge in [-0.3, -0.25) is 0 Å². The molecular formula is C30H26Br2O2. The monoisotopic (exact) mass is 576 g/mol. The average molecular weight is 578 g/mol. The van der Waals surface area contributed by atoms with E-state index < -0.39 is 0 Å². The molecule has 0 aliphatic rings. The fourth-order valence-corrected chi connectivity index (χ4v) is 4.19. The number of hydrogen-bond acceptors (Lipinski definition) is 2. The van der Waals surface area contributed by atoms with Crippen LogP contribution in [0.1, 0.15) is 22.3 Å². The van der Waals surface area contributed by atoms with Gasteiger partial charge < -0.3 is 9.47 Å². The Morgan fingerprint density at radius 3 is 1.09 bits per heavy atom. The molecule has 0 spiro atoms. The lowest BCUT2D eigenvalue weighted by Crippen LogP contribution is -2.00. The summed E-state index contributed by atoms with van der Waals surface area (Å²) in [5, 5.41) is 1.61. The van der Waals surface area contributed by atoms with Crippen molar-refractivity contribution >= 4 is 43.0 Å². The summed E-state index contributed by atoms with van der Waals surface area (Å²) in [6.45, 7) is 1.28. The molecule has 0 atom stereocenters. The summed E-state index contributed by atoms with van der Waals surface area (Å²) in [6.07, 6.45) is 0. The van der Waals surface area contributed by atoms with Crippen LogP contribution in [0, 0.1) is 0 Å². The zero-order valence-electron chi connectivity index (χ0n) is 18.8. The summed E-state index contributed by atoms with van der Waals surface area (Å²) in [7, 11) is 0. The summed E-state index contributed by atoms with van der Waals surface area (Å²) < 4.78 is 11.6. The molecule has 0 radical (unpaired) electrons. The van der Waals surface area contributed by atoms with Gasteiger partial charge in [0.25, 0.3) is 0 Å². The first-order valence-corrected chi connectivity index (χ1v) is 13.5. The third-order valence-corrected chi connectivity index (χ3v) is 6.00. The third kappa shape index (κ3) is 6.19. The number of hydrogen-bond donors (Lipinski definition) is 0. The van der Waals surface area contributed by atoms with Crippen LogP contribution in [0.5, 0.6) is 11.5 Å². The first-order chi connectivity index (χ1) is 16.8. The molecular weight excluding hydrogens is 552 g/mol. The number of halogens is 2. The summed E-state index contributed by atoms with van der Waals surface area (Å²) in [4.78, 5) is 0. The van der Waals surface area contributed by atoms with Gasteiger partial charge in [-0.05, 0) is 57.7 Å². The second-order valence-corrected chi connectivity index (χ2v) is 9.19. The van der Waals surface area contributed by atoms with Crippen LogP contribution < -0.4 is 9.47 Å². The van der Waals surface area contributed by atoms with Gasteiger partial charge in [-0.2, -0.15) is 0 Å². The minimum Gasteiger partial charge on any atom is -0.493 e. The van der Waals surface area contributed by atoms with E-state index in [2.05, 4.69) is 117 Å². The summed E-state index contributed by atoms with van der Waals surface area (Å²) in [5.41, 5.74) is 6.94. The van der Waals surface area contributed by atoms with E-state index in [1.54, 1.807) is 0 Å². The Bertz CT molecular complexity index is 1090. The van der Waals surface area contributed by atoms with Crippen molar-refractivity contribution in [3.63, 3.8) is 0 Å². The Morgan fingerprint density at radius 2 is 0.765 bits per heavy atom. The van der Waals surface area contributed by atoms with E-state index >= 15 is 0 Å². The van der Waals surface area contributed by atoms with Crippen molar-refractivity contribution in [1.82, 2.24) is 0 Å². The normalized spacial score (nSPS) is 11.6. The highest BCUT2D eigenvalue weighted by atomic mass is 79.9. The molecule has 0 heterocycles. The smallest absolute Gasteiger partial charge is 0.119 e. The Labute approximate surface area is 218 Å². The van der Waals surface area contributed by atoms with E-state index in [4.69, 9.17) is 9.47 Å². The number of benzene rings is 4.